The molecule has 1 aliphatic carbocycles. The lowest BCUT2D eigenvalue weighted by Crippen LogP contribution is -1.94. The molecule has 0 aromatic rings. The molecule has 0 heteroatoms. The van der Waals surface area contributed by atoms with Gasteiger partial charge < -0.3 is 0 Å². The second-order valence-electron chi connectivity index (χ2n) is 3.42. The molecule has 0 bridgehead atoms. The van der Waals surface area contributed by atoms with Crippen LogP contribution in [0.1, 0.15) is 33.1 Å². The van der Waals surface area contributed by atoms with Gasteiger partial charge in [-0.15, -0.1) is 0 Å². The van der Waals surface area contributed by atoms with Crippen molar-refractivity contribution in [3.8, 4) is 0 Å². The molecule has 0 fully saturated rings. The smallest absolute Gasteiger partial charge is 0.0238 e. The molecule has 1 rings (SSSR count). The molecule has 1 aliphatic rings. The van der Waals surface area contributed by atoms with E-state index >= 15 is 0 Å². The molecule has 0 unspecified atom stereocenters. The fraction of sp³-hybridized carbons (Fsp3) is 0.385. The van der Waals surface area contributed by atoms with Crippen molar-refractivity contribution in [2.24, 2.45) is 0 Å². The average Bonchev–Trinajstić information content (AvgIpc) is 2.16. The van der Waals surface area contributed by atoms with E-state index in [1.807, 2.05) is 6.08 Å². The first kappa shape index (κ1) is 10.0. The zero-order valence-corrected chi connectivity index (χ0v) is 8.64. The van der Waals surface area contributed by atoms with Crippen LogP contribution in [-0.2, 0) is 0 Å². The van der Waals surface area contributed by atoms with E-state index in [-0.39, 0.29) is 0 Å². The highest BCUT2D eigenvalue weighted by molar-refractivity contribution is 5.45. The maximum atomic E-state index is 3.75. The molecule has 0 saturated heterocycles. The molecule has 0 saturated carbocycles. The van der Waals surface area contributed by atoms with Gasteiger partial charge in [-0.05, 0) is 37.3 Å². The molecule has 0 nitrogen and oxygen atoms in total. The van der Waals surface area contributed by atoms with Crippen molar-refractivity contribution in [3.63, 3.8) is 0 Å². The Morgan fingerprint density at radius 1 is 1.62 bits per heavy atom. The zero-order chi connectivity index (χ0) is 9.68. The largest absolute Gasteiger partial charge is 0.0991 e. The SMILES string of the molecule is C=C/C=C(/CC)C1=C(C)CCC=C1. The molecule has 0 aromatic carbocycles. The van der Waals surface area contributed by atoms with E-state index in [9.17, 15) is 0 Å². The molecule has 0 N–H and O–H groups in total. The fourth-order valence-corrected chi connectivity index (χ4v) is 1.70. The van der Waals surface area contributed by atoms with Crippen LogP contribution in [0.2, 0.25) is 0 Å². The van der Waals surface area contributed by atoms with Crippen molar-refractivity contribution in [3.05, 3.63) is 47.6 Å². The van der Waals surface area contributed by atoms with Gasteiger partial charge in [0.25, 0.3) is 0 Å². The van der Waals surface area contributed by atoms with E-state index in [0.29, 0.717) is 0 Å². The standard InChI is InChI=1S/C13H18/c1-4-8-12(5-2)13-10-7-6-9-11(13)3/h4,7-8,10H,1,5-6,9H2,2-3H3/b12-8-. The highest BCUT2D eigenvalue weighted by Gasteiger charge is 2.06. The molecule has 13 heavy (non-hydrogen) atoms. The van der Waals surface area contributed by atoms with Crippen molar-refractivity contribution in [1.29, 1.82) is 0 Å². The van der Waals surface area contributed by atoms with Crippen molar-refractivity contribution < 1.29 is 0 Å². The molecular weight excluding hydrogens is 156 g/mol. The summed E-state index contributed by atoms with van der Waals surface area (Å²) in [6.45, 7) is 8.17. The lowest BCUT2D eigenvalue weighted by molar-refractivity contribution is 0.932. The Morgan fingerprint density at radius 2 is 2.38 bits per heavy atom. The first-order chi connectivity index (χ1) is 6.29. The van der Waals surface area contributed by atoms with Gasteiger partial charge in [0.15, 0.2) is 0 Å². The summed E-state index contributed by atoms with van der Waals surface area (Å²) in [5, 5.41) is 0. The molecule has 70 valence electrons. The molecule has 0 heterocycles. The Balaban J connectivity index is 2.96. The van der Waals surface area contributed by atoms with E-state index in [4.69, 9.17) is 0 Å². The summed E-state index contributed by atoms with van der Waals surface area (Å²) < 4.78 is 0. The van der Waals surface area contributed by atoms with Crippen molar-refractivity contribution >= 4 is 0 Å². The van der Waals surface area contributed by atoms with Gasteiger partial charge in [-0.3, -0.25) is 0 Å². The van der Waals surface area contributed by atoms with E-state index in [1.54, 1.807) is 0 Å². The van der Waals surface area contributed by atoms with Crippen LogP contribution >= 0.6 is 0 Å². The lowest BCUT2D eigenvalue weighted by Gasteiger charge is -2.14. The minimum atomic E-state index is 1.09. The van der Waals surface area contributed by atoms with E-state index in [2.05, 4.69) is 38.7 Å². The molecule has 0 atom stereocenters. The first-order valence-corrected chi connectivity index (χ1v) is 4.97. The van der Waals surface area contributed by atoms with Crippen molar-refractivity contribution in [1.82, 2.24) is 0 Å². The zero-order valence-electron chi connectivity index (χ0n) is 8.64. The van der Waals surface area contributed by atoms with Gasteiger partial charge in [0, 0.05) is 0 Å². The second-order valence-corrected chi connectivity index (χ2v) is 3.42. The summed E-state index contributed by atoms with van der Waals surface area (Å²) in [5.74, 6) is 0. The van der Waals surface area contributed by atoms with Gasteiger partial charge in [-0.25, -0.2) is 0 Å². The van der Waals surface area contributed by atoms with Gasteiger partial charge in [0.1, 0.15) is 0 Å². The van der Waals surface area contributed by atoms with Gasteiger partial charge in [0.2, 0.25) is 0 Å². The molecule has 0 radical (unpaired) electrons. The van der Waals surface area contributed by atoms with E-state index in [1.165, 1.54) is 29.6 Å². The minimum Gasteiger partial charge on any atom is -0.0991 e. The summed E-state index contributed by atoms with van der Waals surface area (Å²) >= 11 is 0. The van der Waals surface area contributed by atoms with Gasteiger partial charge >= 0.3 is 0 Å². The van der Waals surface area contributed by atoms with Crippen LogP contribution in [0.3, 0.4) is 0 Å². The van der Waals surface area contributed by atoms with Crippen molar-refractivity contribution in [2.75, 3.05) is 0 Å². The van der Waals surface area contributed by atoms with Crippen LogP contribution in [0.5, 0.6) is 0 Å². The molecular formula is C13H18. The first-order valence-electron chi connectivity index (χ1n) is 4.97. The summed E-state index contributed by atoms with van der Waals surface area (Å²) in [7, 11) is 0. The maximum absolute atomic E-state index is 3.75. The third kappa shape index (κ3) is 2.45. The van der Waals surface area contributed by atoms with Crippen LogP contribution < -0.4 is 0 Å². The highest BCUT2D eigenvalue weighted by Crippen LogP contribution is 2.26. The summed E-state index contributed by atoms with van der Waals surface area (Å²) in [5.41, 5.74) is 4.34. The Kier molecular flexibility index (Phi) is 3.75. The third-order valence-electron chi connectivity index (χ3n) is 2.48. The van der Waals surface area contributed by atoms with Gasteiger partial charge in [0.05, 0.1) is 0 Å². The van der Waals surface area contributed by atoms with Gasteiger partial charge in [-0.1, -0.05) is 43.4 Å². The summed E-state index contributed by atoms with van der Waals surface area (Å²) in [4.78, 5) is 0. The van der Waals surface area contributed by atoms with Crippen LogP contribution in [0.15, 0.2) is 47.6 Å². The van der Waals surface area contributed by atoms with Crippen LogP contribution in [0.4, 0.5) is 0 Å². The predicted octanol–water partition coefficient (Wildman–Crippen LogP) is 4.18. The maximum Gasteiger partial charge on any atom is -0.0238 e. The highest BCUT2D eigenvalue weighted by atomic mass is 14.1. The fourth-order valence-electron chi connectivity index (χ4n) is 1.70. The van der Waals surface area contributed by atoms with Crippen LogP contribution in [0, 0.1) is 0 Å². The molecule has 0 aliphatic heterocycles. The van der Waals surface area contributed by atoms with Crippen molar-refractivity contribution in [2.45, 2.75) is 33.1 Å². The Hall–Kier alpha value is -1.04. The lowest BCUT2D eigenvalue weighted by atomic mass is 9.92. The third-order valence-corrected chi connectivity index (χ3v) is 2.48. The Morgan fingerprint density at radius 3 is 2.92 bits per heavy atom. The summed E-state index contributed by atoms with van der Waals surface area (Å²) in [6, 6.07) is 0. The van der Waals surface area contributed by atoms with Crippen LogP contribution in [0.25, 0.3) is 0 Å². The monoisotopic (exact) mass is 174 g/mol. The normalized spacial score (nSPS) is 17.8. The van der Waals surface area contributed by atoms with E-state index < -0.39 is 0 Å². The predicted molar refractivity (Wildman–Crippen MR) is 59.6 cm³/mol. The topological polar surface area (TPSA) is 0 Å². The Bertz CT molecular complexity index is 274. The average molecular weight is 174 g/mol. The molecule has 0 spiro atoms. The van der Waals surface area contributed by atoms with Crippen LogP contribution in [-0.4, -0.2) is 0 Å². The van der Waals surface area contributed by atoms with Gasteiger partial charge in [-0.2, -0.15) is 0 Å². The number of hydrogen-bond acceptors (Lipinski definition) is 0. The molecule has 0 aromatic heterocycles. The minimum absolute atomic E-state index is 1.09. The Labute approximate surface area is 81.4 Å². The second kappa shape index (κ2) is 4.86. The number of allylic oxidation sites excluding steroid dienone is 7. The quantitative estimate of drug-likeness (QED) is 0.563. The summed E-state index contributed by atoms with van der Waals surface area (Å²) in [6.07, 6.45) is 12.0. The van der Waals surface area contributed by atoms with E-state index in [0.717, 1.165) is 6.42 Å². The number of rotatable bonds is 3. The number of hydrogen-bond donors (Lipinski definition) is 0. The molecule has 0 amide bonds.